The summed E-state index contributed by atoms with van der Waals surface area (Å²) in [6.45, 7) is 5.49. The molecule has 0 saturated heterocycles. The Balaban J connectivity index is 3.77. The van der Waals surface area contributed by atoms with Crippen LogP contribution in [-0.4, -0.2) is 30.7 Å². The number of amides is 1. The van der Waals surface area contributed by atoms with E-state index in [1.807, 2.05) is 6.92 Å². The van der Waals surface area contributed by atoms with Crippen molar-refractivity contribution in [1.29, 1.82) is 0 Å². The lowest BCUT2D eigenvalue weighted by molar-refractivity contribution is -0.122. The van der Waals surface area contributed by atoms with Gasteiger partial charge in [-0.1, -0.05) is 20.3 Å². The van der Waals surface area contributed by atoms with Crippen LogP contribution in [0.4, 0.5) is 0 Å². The molecule has 16 heavy (non-hydrogen) atoms. The summed E-state index contributed by atoms with van der Waals surface area (Å²) in [5.41, 5.74) is 5.46. The minimum absolute atomic E-state index is 0.0667. The van der Waals surface area contributed by atoms with Gasteiger partial charge < -0.3 is 16.2 Å². The van der Waals surface area contributed by atoms with Crippen LogP contribution in [0.5, 0.6) is 0 Å². The van der Waals surface area contributed by atoms with Crippen LogP contribution < -0.4 is 11.1 Å². The Labute approximate surface area is 98.6 Å². The monoisotopic (exact) mass is 230 g/mol. The van der Waals surface area contributed by atoms with Crippen LogP contribution in [0.1, 0.15) is 39.5 Å². The fourth-order valence-electron chi connectivity index (χ4n) is 1.67. The highest BCUT2D eigenvalue weighted by atomic mass is 16.3. The van der Waals surface area contributed by atoms with Crippen molar-refractivity contribution in [2.45, 2.75) is 39.5 Å². The van der Waals surface area contributed by atoms with Crippen molar-refractivity contribution in [3.8, 4) is 0 Å². The average molecular weight is 230 g/mol. The first-order chi connectivity index (χ1) is 7.63. The molecule has 0 aliphatic carbocycles. The maximum Gasteiger partial charge on any atom is 0.220 e. The largest absolute Gasteiger partial charge is 0.396 e. The van der Waals surface area contributed by atoms with E-state index < -0.39 is 0 Å². The summed E-state index contributed by atoms with van der Waals surface area (Å²) in [5.74, 6) is 0.701. The van der Waals surface area contributed by atoms with Crippen molar-refractivity contribution in [1.82, 2.24) is 5.32 Å². The highest BCUT2D eigenvalue weighted by molar-refractivity contribution is 5.76. The molecule has 0 aromatic carbocycles. The molecule has 0 radical (unpaired) electrons. The highest BCUT2D eigenvalue weighted by Gasteiger charge is 2.11. The van der Waals surface area contributed by atoms with E-state index in [9.17, 15) is 4.79 Å². The Morgan fingerprint density at radius 3 is 2.62 bits per heavy atom. The van der Waals surface area contributed by atoms with Crippen molar-refractivity contribution < 1.29 is 9.90 Å². The Morgan fingerprint density at radius 2 is 2.12 bits per heavy atom. The third-order valence-electron chi connectivity index (χ3n) is 2.76. The predicted molar refractivity (Wildman–Crippen MR) is 65.9 cm³/mol. The van der Waals surface area contributed by atoms with Crippen molar-refractivity contribution in [3.05, 3.63) is 0 Å². The Morgan fingerprint density at radius 1 is 1.44 bits per heavy atom. The molecule has 0 aromatic rings. The molecule has 0 rings (SSSR count). The maximum absolute atomic E-state index is 11.5. The van der Waals surface area contributed by atoms with Crippen LogP contribution in [-0.2, 0) is 4.79 Å². The van der Waals surface area contributed by atoms with Crippen molar-refractivity contribution in [3.63, 3.8) is 0 Å². The number of nitrogens with two attached hydrogens (primary N) is 1. The SMILES string of the molecule is CCCC(CCO)CNC(=O)CC(C)CN. The van der Waals surface area contributed by atoms with E-state index in [4.69, 9.17) is 10.8 Å². The topological polar surface area (TPSA) is 75.3 Å². The molecule has 4 nitrogen and oxygen atoms in total. The smallest absolute Gasteiger partial charge is 0.220 e. The molecular formula is C12H26N2O2. The first-order valence-corrected chi connectivity index (χ1v) is 6.21. The molecule has 4 heteroatoms. The van der Waals surface area contributed by atoms with Gasteiger partial charge in [-0.3, -0.25) is 4.79 Å². The van der Waals surface area contributed by atoms with Crippen LogP contribution >= 0.6 is 0 Å². The molecule has 96 valence electrons. The molecule has 0 aromatic heterocycles. The second-order valence-corrected chi connectivity index (χ2v) is 4.52. The number of aliphatic hydroxyl groups excluding tert-OH is 1. The lowest BCUT2D eigenvalue weighted by atomic mass is 10.00. The van der Waals surface area contributed by atoms with Gasteiger partial charge in [-0.25, -0.2) is 0 Å². The van der Waals surface area contributed by atoms with Crippen LogP contribution in [0, 0.1) is 11.8 Å². The molecule has 0 fully saturated rings. The molecule has 0 saturated carbocycles. The van der Waals surface area contributed by atoms with Gasteiger partial charge in [0.1, 0.15) is 0 Å². The fourth-order valence-corrected chi connectivity index (χ4v) is 1.67. The molecule has 0 spiro atoms. The number of nitrogens with one attached hydrogen (secondary N) is 1. The standard InChI is InChI=1S/C12H26N2O2/c1-3-4-11(5-6-15)9-14-12(16)7-10(2)8-13/h10-11,15H,3-9,13H2,1-2H3,(H,14,16). The van der Waals surface area contributed by atoms with E-state index in [0.29, 0.717) is 25.4 Å². The Hall–Kier alpha value is -0.610. The Kier molecular flexibility index (Phi) is 9.24. The van der Waals surface area contributed by atoms with Crippen molar-refractivity contribution in [2.24, 2.45) is 17.6 Å². The van der Waals surface area contributed by atoms with Gasteiger partial charge in [-0.2, -0.15) is 0 Å². The molecule has 4 N–H and O–H groups in total. The van der Waals surface area contributed by atoms with Crippen LogP contribution in [0.3, 0.4) is 0 Å². The van der Waals surface area contributed by atoms with Gasteiger partial charge >= 0.3 is 0 Å². The zero-order valence-corrected chi connectivity index (χ0v) is 10.5. The number of hydrogen-bond acceptors (Lipinski definition) is 3. The van der Waals surface area contributed by atoms with Crippen molar-refractivity contribution in [2.75, 3.05) is 19.7 Å². The van der Waals surface area contributed by atoms with Crippen LogP contribution in [0.25, 0.3) is 0 Å². The molecule has 0 heterocycles. The molecule has 0 aliphatic heterocycles. The summed E-state index contributed by atoms with van der Waals surface area (Å²) in [7, 11) is 0. The van der Waals surface area contributed by atoms with Gasteiger partial charge in [-0.05, 0) is 31.2 Å². The minimum atomic E-state index is 0.0667. The third-order valence-corrected chi connectivity index (χ3v) is 2.76. The first kappa shape index (κ1) is 15.4. The van der Waals surface area contributed by atoms with Crippen LogP contribution in [0.2, 0.25) is 0 Å². The third kappa shape index (κ3) is 7.65. The summed E-state index contributed by atoms with van der Waals surface area (Å²) in [4.78, 5) is 11.5. The number of aliphatic hydroxyl groups is 1. The van der Waals surface area contributed by atoms with Gasteiger partial charge in [0.05, 0.1) is 0 Å². The quantitative estimate of drug-likeness (QED) is 0.550. The van der Waals surface area contributed by atoms with E-state index in [-0.39, 0.29) is 18.4 Å². The predicted octanol–water partition coefficient (Wildman–Crippen LogP) is 0.886. The number of rotatable bonds is 9. The molecule has 0 bridgehead atoms. The average Bonchev–Trinajstić information content (AvgIpc) is 2.26. The fraction of sp³-hybridized carbons (Fsp3) is 0.917. The molecular weight excluding hydrogens is 204 g/mol. The molecule has 2 atom stereocenters. The number of carbonyl (C=O) groups is 1. The number of carbonyl (C=O) groups excluding carboxylic acids is 1. The van der Waals surface area contributed by atoms with E-state index in [0.717, 1.165) is 19.3 Å². The zero-order chi connectivity index (χ0) is 12.4. The van der Waals surface area contributed by atoms with E-state index in [1.54, 1.807) is 0 Å². The van der Waals surface area contributed by atoms with Gasteiger partial charge in [0.2, 0.25) is 5.91 Å². The van der Waals surface area contributed by atoms with Gasteiger partial charge in [-0.15, -0.1) is 0 Å². The lowest BCUT2D eigenvalue weighted by Crippen LogP contribution is -2.31. The molecule has 1 amide bonds. The van der Waals surface area contributed by atoms with Crippen LogP contribution in [0.15, 0.2) is 0 Å². The number of hydrogen-bond donors (Lipinski definition) is 3. The Bertz CT molecular complexity index is 180. The lowest BCUT2D eigenvalue weighted by Gasteiger charge is -2.16. The summed E-state index contributed by atoms with van der Waals surface area (Å²) in [6.07, 6.45) is 3.39. The van der Waals surface area contributed by atoms with E-state index in [2.05, 4.69) is 12.2 Å². The molecule has 2 unspecified atom stereocenters. The first-order valence-electron chi connectivity index (χ1n) is 6.21. The van der Waals surface area contributed by atoms with Crippen molar-refractivity contribution >= 4 is 5.91 Å². The second-order valence-electron chi connectivity index (χ2n) is 4.52. The van der Waals surface area contributed by atoms with E-state index >= 15 is 0 Å². The summed E-state index contributed by atoms with van der Waals surface area (Å²) >= 11 is 0. The van der Waals surface area contributed by atoms with Gasteiger partial charge in [0, 0.05) is 19.6 Å². The minimum Gasteiger partial charge on any atom is -0.396 e. The molecule has 0 aliphatic rings. The normalized spacial score (nSPS) is 14.5. The van der Waals surface area contributed by atoms with Gasteiger partial charge in [0.15, 0.2) is 0 Å². The zero-order valence-electron chi connectivity index (χ0n) is 10.5. The highest BCUT2D eigenvalue weighted by Crippen LogP contribution is 2.09. The second kappa shape index (κ2) is 9.60. The summed E-state index contributed by atoms with van der Waals surface area (Å²) in [6, 6.07) is 0. The summed E-state index contributed by atoms with van der Waals surface area (Å²) < 4.78 is 0. The van der Waals surface area contributed by atoms with Gasteiger partial charge in [0.25, 0.3) is 0 Å². The van der Waals surface area contributed by atoms with E-state index in [1.165, 1.54) is 0 Å². The maximum atomic E-state index is 11.5. The summed E-state index contributed by atoms with van der Waals surface area (Å²) in [5, 5.41) is 11.8.